The van der Waals surface area contributed by atoms with Crippen molar-refractivity contribution in [2.24, 2.45) is 0 Å². The summed E-state index contributed by atoms with van der Waals surface area (Å²) in [7, 11) is 1.60. The van der Waals surface area contributed by atoms with Crippen LogP contribution in [0, 0.1) is 13.8 Å². The Kier molecular flexibility index (Phi) is 7.54. The molecule has 0 radical (unpaired) electrons. The number of thioether (sulfide) groups is 1. The number of hydrogen-bond acceptors (Lipinski definition) is 6. The van der Waals surface area contributed by atoms with Crippen molar-refractivity contribution in [3.63, 3.8) is 0 Å². The summed E-state index contributed by atoms with van der Waals surface area (Å²) in [4.78, 5) is 17.0. The number of nitrogens with zero attached hydrogens (tertiary/aromatic N) is 3. The first-order valence-corrected chi connectivity index (χ1v) is 10.7. The number of carbonyl (C=O) groups is 1. The Morgan fingerprint density at radius 3 is 2.10 bits per heavy atom. The molecule has 0 aliphatic rings. The average molecular weight is 423 g/mol. The highest BCUT2D eigenvalue weighted by Gasteiger charge is 2.19. The van der Waals surface area contributed by atoms with Crippen molar-refractivity contribution >= 4 is 17.7 Å². The Bertz CT molecular complexity index is 991. The molecule has 1 aromatic heterocycles. The zero-order valence-electron chi connectivity index (χ0n) is 17.7. The predicted octanol–water partition coefficient (Wildman–Crippen LogP) is 4.07. The number of amides is 1. The van der Waals surface area contributed by atoms with Crippen molar-refractivity contribution in [3.8, 4) is 22.5 Å². The van der Waals surface area contributed by atoms with Crippen LogP contribution in [0.4, 0.5) is 0 Å². The zero-order valence-corrected chi connectivity index (χ0v) is 18.5. The molecule has 6 nitrogen and oxygen atoms in total. The minimum Gasteiger partial charge on any atom is -0.383 e. The van der Waals surface area contributed by atoms with Gasteiger partial charge in [-0.15, -0.1) is 10.2 Å². The van der Waals surface area contributed by atoms with Crippen LogP contribution in [0.2, 0.25) is 0 Å². The fourth-order valence-electron chi connectivity index (χ4n) is 2.81. The van der Waals surface area contributed by atoms with E-state index in [9.17, 15) is 4.79 Å². The smallest absolute Gasteiger partial charge is 0.233 e. The van der Waals surface area contributed by atoms with Crippen LogP contribution in [0.5, 0.6) is 0 Å². The predicted molar refractivity (Wildman–Crippen MR) is 120 cm³/mol. The van der Waals surface area contributed by atoms with Gasteiger partial charge in [-0.2, -0.15) is 0 Å². The summed E-state index contributed by atoms with van der Waals surface area (Å²) in [5, 5.41) is 11.7. The number of hydrogen-bond donors (Lipinski definition) is 1. The lowest BCUT2D eigenvalue weighted by Gasteiger charge is -2.13. The molecule has 2 aromatic carbocycles. The fourth-order valence-corrected chi connectivity index (χ4v) is 3.55. The highest BCUT2D eigenvalue weighted by atomic mass is 32.2. The Morgan fingerprint density at radius 1 is 0.967 bits per heavy atom. The number of rotatable bonds is 8. The SMILES string of the molecule is COCCNC(=O)[C@@H](C)Sc1nnc(-c2ccc(C)cc2)c(-c2ccc(C)cc2)n1. The van der Waals surface area contributed by atoms with Crippen molar-refractivity contribution < 1.29 is 9.53 Å². The van der Waals surface area contributed by atoms with Crippen molar-refractivity contribution in [1.82, 2.24) is 20.5 Å². The molecule has 0 bridgehead atoms. The summed E-state index contributed by atoms with van der Waals surface area (Å²) in [6.07, 6.45) is 0. The number of methoxy groups -OCH3 is 1. The summed E-state index contributed by atoms with van der Waals surface area (Å²) < 4.78 is 4.97. The van der Waals surface area contributed by atoms with E-state index in [2.05, 4.69) is 27.6 Å². The molecule has 7 heteroatoms. The fraction of sp³-hybridized carbons (Fsp3) is 0.304. The first kappa shape index (κ1) is 21.9. The van der Waals surface area contributed by atoms with Gasteiger partial charge >= 0.3 is 0 Å². The van der Waals surface area contributed by atoms with E-state index in [-0.39, 0.29) is 11.2 Å². The van der Waals surface area contributed by atoms with E-state index in [4.69, 9.17) is 9.72 Å². The monoisotopic (exact) mass is 422 g/mol. The lowest BCUT2D eigenvalue weighted by atomic mass is 10.0. The maximum Gasteiger partial charge on any atom is 0.233 e. The molecule has 3 aromatic rings. The van der Waals surface area contributed by atoms with E-state index in [0.717, 1.165) is 22.5 Å². The Morgan fingerprint density at radius 2 is 1.53 bits per heavy atom. The number of carbonyl (C=O) groups excluding carboxylic acids is 1. The second kappa shape index (κ2) is 10.3. The van der Waals surface area contributed by atoms with Crippen LogP contribution < -0.4 is 5.32 Å². The third kappa shape index (κ3) is 5.64. The van der Waals surface area contributed by atoms with Crippen LogP contribution in [0.3, 0.4) is 0 Å². The normalized spacial score (nSPS) is 11.9. The maximum atomic E-state index is 12.3. The van der Waals surface area contributed by atoms with Gasteiger partial charge in [0.15, 0.2) is 0 Å². The molecule has 0 aliphatic carbocycles. The molecule has 3 rings (SSSR count). The Hall–Kier alpha value is -2.77. The highest BCUT2D eigenvalue weighted by Crippen LogP contribution is 2.31. The third-order valence-electron chi connectivity index (χ3n) is 4.57. The number of benzene rings is 2. The van der Waals surface area contributed by atoms with Crippen molar-refractivity contribution in [3.05, 3.63) is 59.7 Å². The first-order valence-electron chi connectivity index (χ1n) is 9.80. The molecule has 1 heterocycles. The molecule has 0 fully saturated rings. The van der Waals surface area contributed by atoms with Crippen LogP contribution in [0.15, 0.2) is 53.7 Å². The summed E-state index contributed by atoms with van der Waals surface area (Å²) >= 11 is 1.29. The van der Waals surface area contributed by atoms with Crippen molar-refractivity contribution in [2.75, 3.05) is 20.3 Å². The second-order valence-electron chi connectivity index (χ2n) is 7.07. The number of aryl methyl sites for hydroxylation is 2. The van der Waals surface area contributed by atoms with Crippen LogP contribution in [0.1, 0.15) is 18.1 Å². The van der Waals surface area contributed by atoms with Gasteiger partial charge < -0.3 is 10.1 Å². The van der Waals surface area contributed by atoms with Crippen molar-refractivity contribution in [1.29, 1.82) is 0 Å². The molecule has 30 heavy (non-hydrogen) atoms. The molecule has 0 saturated carbocycles. The van der Waals surface area contributed by atoms with Gasteiger partial charge in [0.05, 0.1) is 11.9 Å². The third-order valence-corrected chi connectivity index (χ3v) is 5.53. The quantitative estimate of drug-likeness (QED) is 0.436. The van der Waals surface area contributed by atoms with Crippen LogP contribution in [0.25, 0.3) is 22.5 Å². The first-order chi connectivity index (χ1) is 14.5. The lowest BCUT2D eigenvalue weighted by Crippen LogP contribution is -2.33. The highest BCUT2D eigenvalue weighted by molar-refractivity contribution is 8.00. The van der Waals surface area contributed by atoms with Gasteiger partial charge in [-0.3, -0.25) is 4.79 Å². The lowest BCUT2D eigenvalue weighted by molar-refractivity contribution is -0.120. The van der Waals surface area contributed by atoms with E-state index in [1.807, 2.05) is 57.2 Å². The molecule has 0 saturated heterocycles. The van der Waals surface area contributed by atoms with Crippen molar-refractivity contribution in [2.45, 2.75) is 31.2 Å². The minimum atomic E-state index is -0.347. The maximum absolute atomic E-state index is 12.3. The van der Waals surface area contributed by atoms with Crippen LogP contribution in [-0.2, 0) is 9.53 Å². The largest absolute Gasteiger partial charge is 0.383 e. The van der Waals surface area contributed by atoms with Gasteiger partial charge in [0.1, 0.15) is 11.4 Å². The van der Waals surface area contributed by atoms with E-state index >= 15 is 0 Å². The summed E-state index contributed by atoms with van der Waals surface area (Å²) in [5.41, 5.74) is 5.75. The molecule has 0 aliphatic heterocycles. The van der Waals surface area contributed by atoms with E-state index in [0.29, 0.717) is 18.3 Å². The number of ether oxygens (including phenoxy) is 1. The summed E-state index contributed by atoms with van der Waals surface area (Å²) in [5.74, 6) is -0.0832. The standard InChI is InChI=1S/C23H26N4O2S/c1-15-5-9-18(10-6-15)20-21(19-11-7-16(2)8-12-19)26-27-23(25-20)30-17(3)22(28)24-13-14-29-4/h5-12,17H,13-14H2,1-4H3,(H,24,28)/t17-/m1/s1. The molecule has 0 unspecified atom stereocenters. The van der Waals surface area contributed by atoms with Crippen LogP contribution >= 0.6 is 11.8 Å². The molecule has 156 valence electrons. The molecule has 0 spiro atoms. The Labute approximate surface area is 181 Å². The number of nitrogens with one attached hydrogen (secondary N) is 1. The van der Waals surface area contributed by atoms with Crippen LogP contribution in [-0.4, -0.2) is 46.6 Å². The van der Waals surface area contributed by atoms with E-state index in [1.54, 1.807) is 7.11 Å². The topological polar surface area (TPSA) is 77.0 Å². The zero-order chi connectivity index (χ0) is 21.5. The molecular formula is C23H26N4O2S. The summed E-state index contributed by atoms with van der Waals surface area (Å²) in [6, 6.07) is 16.3. The van der Waals surface area contributed by atoms with E-state index in [1.165, 1.54) is 22.9 Å². The van der Waals surface area contributed by atoms with Gasteiger partial charge in [0, 0.05) is 24.8 Å². The van der Waals surface area contributed by atoms with Gasteiger partial charge in [-0.1, -0.05) is 71.4 Å². The van der Waals surface area contributed by atoms with Gasteiger partial charge in [0.25, 0.3) is 0 Å². The van der Waals surface area contributed by atoms with Gasteiger partial charge in [-0.05, 0) is 20.8 Å². The average Bonchev–Trinajstić information content (AvgIpc) is 2.75. The molecule has 1 atom stereocenters. The number of aromatic nitrogens is 3. The van der Waals surface area contributed by atoms with E-state index < -0.39 is 0 Å². The van der Waals surface area contributed by atoms with Gasteiger partial charge in [0.2, 0.25) is 11.1 Å². The summed E-state index contributed by atoms with van der Waals surface area (Å²) in [6.45, 7) is 6.88. The Balaban J connectivity index is 1.91. The molecule has 1 N–H and O–H groups in total. The molecule has 1 amide bonds. The molecular weight excluding hydrogens is 396 g/mol. The minimum absolute atomic E-state index is 0.0832. The van der Waals surface area contributed by atoms with Gasteiger partial charge in [-0.25, -0.2) is 4.98 Å². The second-order valence-corrected chi connectivity index (χ2v) is 8.38.